The van der Waals surface area contributed by atoms with Gasteiger partial charge in [0, 0.05) is 35.3 Å². The largest absolute Gasteiger partial charge is 0.348 e. The highest BCUT2D eigenvalue weighted by Crippen LogP contribution is 2.20. The second-order valence-corrected chi connectivity index (χ2v) is 8.28. The average molecular weight is 428 g/mol. The zero-order chi connectivity index (χ0) is 21.7. The summed E-state index contributed by atoms with van der Waals surface area (Å²) in [6.45, 7) is 6.68. The van der Waals surface area contributed by atoms with Crippen molar-refractivity contribution in [1.29, 1.82) is 0 Å². The van der Waals surface area contributed by atoms with Crippen molar-refractivity contribution in [2.24, 2.45) is 0 Å². The molecule has 0 aliphatic carbocycles. The highest BCUT2D eigenvalue weighted by Gasteiger charge is 2.16. The van der Waals surface area contributed by atoms with Crippen LogP contribution in [0.25, 0.3) is 0 Å². The summed E-state index contributed by atoms with van der Waals surface area (Å²) in [6, 6.07) is 9.91. The molecule has 0 bridgehead atoms. The van der Waals surface area contributed by atoms with Crippen molar-refractivity contribution < 1.29 is 9.18 Å². The molecule has 0 aliphatic heterocycles. The van der Waals surface area contributed by atoms with Crippen molar-refractivity contribution in [2.45, 2.75) is 51.7 Å². The number of aryl methyl sites for hydroxylation is 3. The summed E-state index contributed by atoms with van der Waals surface area (Å²) >= 11 is 1.25. The first-order chi connectivity index (χ1) is 14.4. The van der Waals surface area contributed by atoms with Crippen LogP contribution in [0.1, 0.15) is 46.3 Å². The maximum Gasteiger partial charge on any atom is 0.251 e. The van der Waals surface area contributed by atoms with Crippen LogP contribution in [0.15, 0.2) is 46.3 Å². The lowest BCUT2D eigenvalue weighted by Crippen LogP contribution is -2.12. The lowest BCUT2D eigenvalue weighted by molar-refractivity contribution is 0.102. The van der Waals surface area contributed by atoms with Gasteiger partial charge in [-0.1, -0.05) is 37.2 Å². The van der Waals surface area contributed by atoms with Crippen LogP contribution in [-0.2, 0) is 19.4 Å². The first kappa shape index (κ1) is 22.0. The highest BCUT2D eigenvalue weighted by molar-refractivity contribution is 7.99. The van der Waals surface area contributed by atoms with Gasteiger partial charge in [0.05, 0.1) is 5.75 Å². The van der Waals surface area contributed by atoms with Gasteiger partial charge in [0.2, 0.25) is 0 Å². The number of nitrogens with zero attached hydrogens (tertiary/aromatic N) is 2. The van der Waals surface area contributed by atoms with Crippen LogP contribution in [0.3, 0.4) is 0 Å². The Bertz CT molecular complexity index is 1090. The normalized spacial score (nSPS) is 11.1. The molecule has 3 aromatic rings. The maximum atomic E-state index is 13.1. The van der Waals surface area contributed by atoms with Crippen LogP contribution in [0.2, 0.25) is 0 Å². The van der Waals surface area contributed by atoms with E-state index in [2.05, 4.69) is 14.5 Å². The third-order valence-electron chi connectivity index (χ3n) is 5.03. The molecule has 2 heterocycles. The van der Waals surface area contributed by atoms with Gasteiger partial charge >= 0.3 is 0 Å². The fraction of sp³-hybridized carbons (Fsp3) is 0.348. The number of benzene rings is 1. The van der Waals surface area contributed by atoms with Gasteiger partial charge in [-0.3, -0.25) is 9.59 Å². The summed E-state index contributed by atoms with van der Waals surface area (Å²) in [5, 5.41) is 0.476. The Morgan fingerprint density at radius 1 is 1.17 bits per heavy atom. The summed E-state index contributed by atoms with van der Waals surface area (Å²) in [5.74, 6) is -0.0287. The van der Waals surface area contributed by atoms with Crippen LogP contribution in [0.5, 0.6) is 0 Å². The predicted octanol–water partition coefficient (Wildman–Crippen LogP) is 4.50. The van der Waals surface area contributed by atoms with E-state index < -0.39 is 0 Å². The van der Waals surface area contributed by atoms with Crippen molar-refractivity contribution in [1.82, 2.24) is 14.5 Å². The SMILES string of the molecule is CCCc1cc(=O)[nH]c(SCC(=O)c2cc(C)n(CCc3ccc(F)cc3)c2C)n1. The monoisotopic (exact) mass is 427 g/mol. The Morgan fingerprint density at radius 3 is 2.60 bits per heavy atom. The summed E-state index contributed by atoms with van der Waals surface area (Å²) in [5.41, 5.74) is 4.22. The van der Waals surface area contributed by atoms with E-state index in [1.54, 1.807) is 12.1 Å². The molecular formula is C23H26FN3O2S. The lowest BCUT2D eigenvalue weighted by Gasteiger charge is -2.10. The molecule has 0 saturated heterocycles. The minimum Gasteiger partial charge on any atom is -0.348 e. The van der Waals surface area contributed by atoms with Crippen LogP contribution in [0, 0.1) is 19.7 Å². The Balaban J connectivity index is 1.67. The molecule has 2 aromatic heterocycles. The molecule has 158 valence electrons. The number of nitrogens with one attached hydrogen (secondary N) is 1. The van der Waals surface area contributed by atoms with Gasteiger partial charge in [0.1, 0.15) is 5.82 Å². The Morgan fingerprint density at radius 2 is 1.90 bits per heavy atom. The number of hydrogen-bond acceptors (Lipinski definition) is 4. The Hall–Kier alpha value is -2.67. The standard InChI is InChI=1S/C23H26FN3O2S/c1-4-5-19-13-22(29)26-23(25-19)30-14-21(28)20-12-15(2)27(16(20)3)11-10-17-6-8-18(24)9-7-17/h6-9,12-13H,4-5,10-11,14H2,1-3H3,(H,25,26,29). The number of aromatic nitrogens is 3. The predicted molar refractivity (Wildman–Crippen MR) is 118 cm³/mol. The second-order valence-electron chi connectivity index (χ2n) is 7.32. The van der Waals surface area contributed by atoms with Crippen molar-refractivity contribution in [3.05, 3.63) is 80.8 Å². The zero-order valence-corrected chi connectivity index (χ0v) is 18.3. The molecule has 0 saturated carbocycles. The summed E-state index contributed by atoms with van der Waals surface area (Å²) < 4.78 is 15.2. The Labute approximate surface area is 179 Å². The number of carbonyl (C=O) groups is 1. The molecule has 1 aromatic carbocycles. The number of carbonyl (C=O) groups excluding carboxylic acids is 1. The number of H-pyrrole nitrogens is 1. The van der Waals surface area contributed by atoms with Crippen LogP contribution < -0.4 is 5.56 Å². The van der Waals surface area contributed by atoms with Crippen LogP contribution in [-0.4, -0.2) is 26.1 Å². The molecular weight excluding hydrogens is 401 g/mol. The van der Waals surface area contributed by atoms with Gasteiger partial charge in [0.15, 0.2) is 10.9 Å². The molecule has 30 heavy (non-hydrogen) atoms. The molecule has 0 atom stereocenters. The minimum atomic E-state index is -0.242. The first-order valence-corrected chi connectivity index (χ1v) is 11.0. The van der Waals surface area contributed by atoms with E-state index in [0.29, 0.717) is 10.7 Å². The first-order valence-electron chi connectivity index (χ1n) is 10.0. The third kappa shape index (κ3) is 5.48. The van der Waals surface area contributed by atoms with E-state index in [9.17, 15) is 14.0 Å². The van der Waals surface area contributed by atoms with Gasteiger partial charge in [-0.05, 0) is 50.5 Å². The number of thioether (sulfide) groups is 1. The second kappa shape index (κ2) is 9.89. The summed E-state index contributed by atoms with van der Waals surface area (Å²) in [4.78, 5) is 31.7. The molecule has 0 fully saturated rings. The van der Waals surface area contributed by atoms with Crippen molar-refractivity contribution in [2.75, 3.05) is 5.75 Å². The third-order valence-corrected chi connectivity index (χ3v) is 5.90. The van der Waals surface area contributed by atoms with E-state index in [0.717, 1.165) is 48.5 Å². The zero-order valence-electron chi connectivity index (χ0n) is 17.5. The quantitative estimate of drug-likeness (QED) is 0.310. The number of aromatic amines is 1. The maximum absolute atomic E-state index is 13.1. The van der Waals surface area contributed by atoms with E-state index in [1.165, 1.54) is 30.0 Å². The number of halogens is 1. The van der Waals surface area contributed by atoms with E-state index in [1.807, 2.05) is 26.8 Å². The summed E-state index contributed by atoms with van der Waals surface area (Å²) in [6.07, 6.45) is 2.40. The lowest BCUT2D eigenvalue weighted by atomic mass is 10.1. The minimum absolute atomic E-state index is 0.00433. The molecule has 7 heteroatoms. The van der Waals surface area contributed by atoms with Gasteiger partial charge in [0.25, 0.3) is 5.56 Å². The fourth-order valence-corrected chi connectivity index (χ4v) is 4.25. The molecule has 0 unspecified atom stereocenters. The molecule has 0 radical (unpaired) electrons. The van der Waals surface area contributed by atoms with Crippen molar-refractivity contribution in [3.63, 3.8) is 0 Å². The van der Waals surface area contributed by atoms with Gasteiger partial charge in [-0.2, -0.15) is 0 Å². The highest BCUT2D eigenvalue weighted by atomic mass is 32.2. The number of rotatable bonds is 9. The van der Waals surface area contributed by atoms with Crippen molar-refractivity contribution >= 4 is 17.5 Å². The van der Waals surface area contributed by atoms with Gasteiger partial charge < -0.3 is 9.55 Å². The van der Waals surface area contributed by atoms with Crippen molar-refractivity contribution in [3.8, 4) is 0 Å². The van der Waals surface area contributed by atoms with E-state index >= 15 is 0 Å². The van der Waals surface area contributed by atoms with E-state index in [-0.39, 0.29) is 22.9 Å². The number of hydrogen-bond donors (Lipinski definition) is 1. The van der Waals surface area contributed by atoms with Crippen LogP contribution in [0.4, 0.5) is 4.39 Å². The number of Topliss-reactive ketones (excluding diaryl/α,β-unsaturated/α-hetero) is 1. The molecule has 0 aliphatic rings. The number of ketones is 1. The van der Waals surface area contributed by atoms with Gasteiger partial charge in [-0.15, -0.1) is 0 Å². The fourth-order valence-electron chi connectivity index (χ4n) is 3.47. The Kier molecular flexibility index (Phi) is 7.26. The smallest absolute Gasteiger partial charge is 0.251 e. The topological polar surface area (TPSA) is 67.8 Å². The van der Waals surface area contributed by atoms with Crippen LogP contribution >= 0.6 is 11.8 Å². The molecule has 1 N–H and O–H groups in total. The van der Waals surface area contributed by atoms with Gasteiger partial charge in [-0.25, -0.2) is 9.37 Å². The molecule has 0 amide bonds. The van der Waals surface area contributed by atoms with E-state index in [4.69, 9.17) is 0 Å². The molecule has 3 rings (SSSR count). The molecule has 0 spiro atoms. The summed E-state index contributed by atoms with van der Waals surface area (Å²) in [7, 11) is 0. The molecule has 5 nitrogen and oxygen atoms in total. The average Bonchev–Trinajstić information content (AvgIpc) is 2.99.